The molecule has 4 heteroatoms. The molecule has 0 saturated carbocycles. The maximum absolute atomic E-state index is 11.3. The molecule has 0 fully saturated rings. The lowest BCUT2D eigenvalue weighted by molar-refractivity contribution is -0.114. The highest BCUT2D eigenvalue weighted by molar-refractivity contribution is 5.93. The van der Waals surface area contributed by atoms with E-state index in [9.17, 15) is 9.59 Å². The Kier molecular flexibility index (Phi) is 7.25. The molecular weight excluding hydrogens is 252 g/mol. The topological polar surface area (TPSA) is 58.2 Å². The standard InChI is InChI=1S/C16H28N2O2/c1-9(15(7)19)11(3)17-13(5)14(6)18-12(4)10(2)16(8)20/h13-14,17-18H,1-8H3. The van der Waals surface area contributed by atoms with E-state index in [4.69, 9.17) is 0 Å². The van der Waals surface area contributed by atoms with Crippen LogP contribution in [0.2, 0.25) is 0 Å². The number of ketones is 2. The van der Waals surface area contributed by atoms with Gasteiger partial charge in [-0.15, -0.1) is 0 Å². The minimum Gasteiger partial charge on any atom is -0.384 e. The third-order valence-corrected chi connectivity index (χ3v) is 3.82. The fraction of sp³-hybridized carbons (Fsp3) is 0.625. The molecular formula is C16H28N2O2. The van der Waals surface area contributed by atoms with Crippen molar-refractivity contribution in [2.75, 3.05) is 0 Å². The van der Waals surface area contributed by atoms with Crippen LogP contribution in [0.5, 0.6) is 0 Å². The molecule has 20 heavy (non-hydrogen) atoms. The van der Waals surface area contributed by atoms with Gasteiger partial charge in [0.05, 0.1) is 0 Å². The summed E-state index contributed by atoms with van der Waals surface area (Å²) < 4.78 is 0. The largest absolute Gasteiger partial charge is 0.384 e. The normalized spacial score (nSPS) is 16.6. The first-order valence-electron chi connectivity index (χ1n) is 6.97. The SMILES string of the molecule is CC(=O)C(C)=C(C)NC(C)C(C)NC(C)=C(C)C(C)=O. The Hall–Kier alpha value is -1.58. The van der Waals surface area contributed by atoms with Gasteiger partial charge in [-0.3, -0.25) is 9.59 Å². The van der Waals surface area contributed by atoms with Gasteiger partial charge in [0.25, 0.3) is 0 Å². The van der Waals surface area contributed by atoms with Crippen LogP contribution in [-0.4, -0.2) is 23.7 Å². The summed E-state index contributed by atoms with van der Waals surface area (Å²) in [6.07, 6.45) is 0. The molecule has 4 nitrogen and oxygen atoms in total. The lowest BCUT2D eigenvalue weighted by atomic mass is 10.1. The van der Waals surface area contributed by atoms with Crippen LogP contribution < -0.4 is 10.6 Å². The fourth-order valence-electron chi connectivity index (χ4n) is 1.68. The number of hydrogen-bond donors (Lipinski definition) is 2. The molecule has 0 heterocycles. The first-order valence-corrected chi connectivity index (χ1v) is 6.97. The Labute approximate surface area is 122 Å². The third kappa shape index (κ3) is 5.59. The molecule has 0 radical (unpaired) electrons. The lowest BCUT2D eigenvalue weighted by Gasteiger charge is -2.26. The molecule has 0 aliphatic rings. The average molecular weight is 280 g/mol. The van der Waals surface area contributed by atoms with Gasteiger partial charge in [-0.2, -0.15) is 0 Å². The molecule has 0 aliphatic carbocycles. The van der Waals surface area contributed by atoms with Gasteiger partial charge in [0.1, 0.15) is 0 Å². The van der Waals surface area contributed by atoms with Crippen LogP contribution in [0.15, 0.2) is 22.5 Å². The van der Waals surface area contributed by atoms with Crippen molar-refractivity contribution < 1.29 is 9.59 Å². The summed E-state index contributed by atoms with van der Waals surface area (Å²) in [7, 11) is 0. The van der Waals surface area contributed by atoms with Crippen LogP contribution in [0.25, 0.3) is 0 Å². The highest BCUT2D eigenvalue weighted by atomic mass is 16.1. The minimum atomic E-state index is 0.0753. The van der Waals surface area contributed by atoms with Gasteiger partial charge in [-0.25, -0.2) is 0 Å². The summed E-state index contributed by atoms with van der Waals surface area (Å²) in [5, 5.41) is 6.65. The Morgan fingerprint density at radius 2 is 0.900 bits per heavy atom. The fourth-order valence-corrected chi connectivity index (χ4v) is 1.68. The zero-order valence-electron chi connectivity index (χ0n) is 14.0. The summed E-state index contributed by atoms with van der Waals surface area (Å²) in [5.41, 5.74) is 3.28. The van der Waals surface area contributed by atoms with Gasteiger partial charge >= 0.3 is 0 Å². The molecule has 2 unspecified atom stereocenters. The Balaban J connectivity index is 4.78. The van der Waals surface area contributed by atoms with Gasteiger partial charge in [0.2, 0.25) is 0 Å². The molecule has 0 aliphatic heterocycles. The van der Waals surface area contributed by atoms with Crippen LogP contribution in [0.4, 0.5) is 0 Å². The minimum absolute atomic E-state index is 0.0753. The molecule has 114 valence electrons. The molecule has 0 aromatic rings. The van der Waals surface area contributed by atoms with Crippen molar-refractivity contribution in [3.63, 3.8) is 0 Å². The molecule has 0 amide bonds. The second-order valence-electron chi connectivity index (χ2n) is 5.48. The van der Waals surface area contributed by atoms with Gasteiger partial charge < -0.3 is 10.6 Å². The summed E-state index contributed by atoms with van der Waals surface area (Å²) in [6, 6.07) is 0.276. The molecule has 0 spiro atoms. The molecule has 2 N–H and O–H groups in total. The second-order valence-corrected chi connectivity index (χ2v) is 5.48. The molecule has 0 bridgehead atoms. The number of rotatable bonds is 7. The maximum Gasteiger partial charge on any atom is 0.157 e. The first kappa shape index (κ1) is 18.4. The molecule has 0 rings (SSSR count). The number of nitrogens with one attached hydrogen (secondary N) is 2. The van der Waals surface area contributed by atoms with E-state index < -0.39 is 0 Å². The van der Waals surface area contributed by atoms with E-state index in [0.29, 0.717) is 0 Å². The number of allylic oxidation sites excluding steroid dienone is 4. The average Bonchev–Trinajstić information content (AvgIpc) is 2.35. The Morgan fingerprint density at radius 3 is 1.10 bits per heavy atom. The highest BCUT2D eigenvalue weighted by Crippen LogP contribution is 2.07. The van der Waals surface area contributed by atoms with Gasteiger partial charge in [0, 0.05) is 34.6 Å². The maximum atomic E-state index is 11.3. The summed E-state index contributed by atoms with van der Waals surface area (Å²) in [6.45, 7) is 14.7. The van der Waals surface area contributed by atoms with Crippen molar-refractivity contribution in [1.82, 2.24) is 10.6 Å². The number of hydrogen-bond acceptors (Lipinski definition) is 4. The Bertz CT molecular complexity index is 405. The second kappa shape index (κ2) is 7.88. The van der Waals surface area contributed by atoms with Crippen LogP contribution in [0, 0.1) is 0 Å². The van der Waals surface area contributed by atoms with E-state index >= 15 is 0 Å². The number of carbonyl (C=O) groups excluding carboxylic acids is 2. The van der Waals surface area contributed by atoms with Crippen molar-refractivity contribution in [2.45, 2.75) is 67.5 Å². The zero-order chi connectivity index (χ0) is 16.0. The molecule has 0 aromatic carbocycles. The number of Topliss-reactive ketones (excluding diaryl/α,β-unsaturated/α-hetero) is 2. The quantitative estimate of drug-likeness (QED) is 0.704. The van der Waals surface area contributed by atoms with E-state index in [-0.39, 0.29) is 23.7 Å². The van der Waals surface area contributed by atoms with Crippen molar-refractivity contribution in [2.24, 2.45) is 0 Å². The van der Waals surface area contributed by atoms with Crippen LogP contribution >= 0.6 is 0 Å². The summed E-state index contributed by atoms with van der Waals surface area (Å²) >= 11 is 0. The first-order chi connectivity index (χ1) is 9.07. The van der Waals surface area contributed by atoms with Crippen molar-refractivity contribution in [1.29, 1.82) is 0 Å². The van der Waals surface area contributed by atoms with Crippen molar-refractivity contribution in [3.8, 4) is 0 Å². The molecule has 0 saturated heterocycles. The monoisotopic (exact) mass is 280 g/mol. The Morgan fingerprint density at radius 1 is 0.650 bits per heavy atom. The van der Waals surface area contributed by atoms with E-state index in [1.807, 2.05) is 41.5 Å². The van der Waals surface area contributed by atoms with E-state index in [1.165, 1.54) is 0 Å². The zero-order valence-corrected chi connectivity index (χ0v) is 14.0. The molecule has 2 atom stereocenters. The predicted octanol–water partition coefficient (Wildman–Crippen LogP) is 2.71. The predicted molar refractivity (Wildman–Crippen MR) is 83.3 cm³/mol. The van der Waals surface area contributed by atoms with Gasteiger partial charge in [0.15, 0.2) is 11.6 Å². The number of carbonyl (C=O) groups is 2. The van der Waals surface area contributed by atoms with E-state index in [0.717, 1.165) is 22.5 Å². The van der Waals surface area contributed by atoms with Crippen LogP contribution in [-0.2, 0) is 9.59 Å². The van der Waals surface area contributed by atoms with Gasteiger partial charge in [-0.1, -0.05) is 0 Å². The van der Waals surface area contributed by atoms with Gasteiger partial charge in [-0.05, 0) is 55.4 Å². The summed E-state index contributed by atoms with van der Waals surface area (Å²) in [4.78, 5) is 22.6. The van der Waals surface area contributed by atoms with Crippen LogP contribution in [0.1, 0.15) is 55.4 Å². The summed E-state index contributed by atoms with van der Waals surface area (Å²) in [5.74, 6) is 0.151. The van der Waals surface area contributed by atoms with Crippen molar-refractivity contribution in [3.05, 3.63) is 22.5 Å². The van der Waals surface area contributed by atoms with Crippen LogP contribution in [0.3, 0.4) is 0 Å². The lowest BCUT2D eigenvalue weighted by Crippen LogP contribution is -2.43. The molecule has 0 aromatic heterocycles. The third-order valence-electron chi connectivity index (χ3n) is 3.82. The van der Waals surface area contributed by atoms with Crippen molar-refractivity contribution >= 4 is 11.6 Å². The highest BCUT2D eigenvalue weighted by Gasteiger charge is 2.14. The van der Waals surface area contributed by atoms with E-state index in [1.54, 1.807) is 13.8 Å². The van der Waals surface area contributed by atoms with E-state index in [2.05, 4.69) is 10.6 Å². The smallest absolute Gasteiger partial charge is 0.157 e.